The Bertz CT molecular complexity index is 251. The minimum absolute atomic E-state index is 0.0150. The van der Waals surface area contributed by atoms with Crippen molar-refractivity contribution in [3.63, 3.8) is 0 Å². The fourth-order valence-corrected chi connectivity index (χ4v) is 2.42. The van der Waals surface area contributed by atoms with Crippen LogP contribution in [0.5, 0.6) is 0 Å². The maximum absolute atomic E-state index is 11.4. The molecule has 0 aliphatic carbocycles. The number of nitrogens with zero attached hydrogens (tertiary/aromatic N) is 1. The molecule has 72 valence electrons. The van der Waals surface area contributed by atoms with E-state index in [9.17, 15) is 9.59 Å². The number of carboxylic acid groups (broad SMARTS) is 1. The van der Waals surface area contributed by atoms with Crippen molar-refractivity contribution in [2.45, 2.75) is 31.7 Å². The highest BCUT2D eigenvalue weighted by Gasteiger charge is 2.41. The van der Waals surface area contributed by atoms with Crippen LogP contribution < -0.4 is 0 Å². The molecule has 2 atom stereocenters. The second-order valence-electron chi connectivity index (χ2n) is 3.78. The molecule has 0 spiro atoms. The zero-order valence-corrected chi connectivity index (χ0v) is 7.40. The summed E-state index contributed by atoms with van der Waals surface area (Å²) in [6, 6.07) is -0.0150. The molecule has 1 N–H and O–H groups in total. The maximum Gasteiger partial charge on any atom is 0.308 e. The Morgan fingerprint density at radius 3 is 2.92 bits per heavy atom. The van der Waals surface area contributed by atoms with Crippen LogP contribution in [0.4, 0.5) is 0 Å². The lowest BCUT2D eigenvalue weighted by atomic mass is 9.89. The van der Waals surface area contributed by atoms with Crippen LogP contribution in [0.3, 0.4) is 0 Å². The predicted octanol–water partition coefficient (Wildman–Crippen LogP) is 0.472. The van der Waals surface area contributed by atoms with E-state index in [2.05, 4.69) is 0 Å². The SMILES string of the molecule is O=C(O)C1CCC(=O)N2CCCC12. The Labute approximate surface area is 76.5 Å². The summed E-state index contributed by atoms with van der Waals surface area (Å²) in [4.78, 5) is 24.0. The second-order valence-corrected chi connectivity index (χ2v) is 3.78. The van der Waals surface area contributed by atoms with Crippen molar-refractivity contribution in [3.8, 4) is 0 Å². The number of piperidine rings is 1. The molecule has 0 radical (unpaired) electrons. The van der Waals surface area contributed by atoms with Crippen LogP contribution in [-0.4, -0.2) is 34.5 Å². The molecule has 4 heteroatoms. The van der Waals surface area contributed by atoms with Gasteiger partial charge in [0.25, 0.3) is 0 Å². The first kappa shape index (κ1) is 8.53. The van der Waals surface area contributed by atoms with E-state index in [0.29, 0.717) is 12.8 Å². The average molecular weight is 183 g/mol. The highest BCUT2D eigenvalue weighted by molar-refractivity contribution is 5.81. The lowest BCUT2D eigenvalue weighted by Crippen LogP contribution is -2.47. The van der Waals surface area contributed by atoms with Crippen molar-refractivity contribution in [3.05, 3.63) is 0 Å². The van der Waals surface area contributed by atoms with Crippen LogP contribution in [0.1, 0.15) is 25.7 Å². The molecule has 0 bridgehead atoms. The number of carbonyl (C=O) groups is 2. The molecule has 0 aromatic carbocycles. The molecule has 2 heterocycles. The average Bonchev–Trinajstić information content (AvgIpc) is 2.53. The predicted molar refractivity (Wildman–Crippen MR) is 45.1 cm³/mol. The molecule has 2 unspecified atom stereocenters. The van der Waals surface area contributed by atoms with Gasteiger partial charge in [-0.15, -0.1) is 0 Å². The van der Waals surface area contributed by atoms with Crippen LogP contribution in [0.25, 0.3) is 0 Å². The molecule has 2 aliphatic heterocycles. The number of rotatable bonds is 1. The molecule has 2 fully saturated rings. The molecular weight excluding hydrogens is 170 g/mol. The number of amides is 1. The summed E-state index contributed by atoms with van der Waals surface area (Å²) in [5, 5.41) is 8.93. The summed E-state index contributed by atoms with van der Waals surface area (Å²) < 4.78 is 0. The Morgan fingerprint density at radius 1 is 1.46 bits per heavy atom. The molecule has 4 nitrogen and oxygen atoms in total. The first-order valence-corrected chi connectivity index (χ1v) is 4.72. The van der Waals surface area contributed by atoms with Crippen molar-refractivity contribution in [1.82, 2.24) is 4.90 Å². The Balaban J connectivity index is 2.17. The van der Waals surface area contributed by atoms with Gasteiger partial charge >= 0.3 is 5.97 Å². The monoisotopic (exact) mass is 183 g/mol. The van der Waals surface area contributed by atoms with E-state index in [1.807, 2.05) is 0 Å². The molecule has 0 aromatic heterocycles. The Hall–Kier alpha value is -1.06. The van der Waals surface area contributed by atoms with Gasteiger partial charge in [0.05, 0.1) is 5.92 Å². The molecule has 2 rings (SSSR count). The van der Waals surface area contributed by atoms with Crippen LogP contribution in [0.2, 0.25) is 0 Å². The van der Waals surface area contributed by atoms with E-state index in [1.54, 1.807) is 4.90 Å². The molecule has 0 aromatic rings. The number of aliphatic carboxylic acids is 1. The standard InChI is InChI=1S/C9H13NO3/c11-8-4-3-6(9(12)13)7-2-1-5-10(7)8/h6-7H,1-5H2,(H,12,13). The van der Waals surface area contributed by atoms with Crippen molar-refractivity contribution in [1.29, 1.82) is 0 Å². The highest BCUT2D eigenvalue weighted by atomic mass is 16.4. The number of fused-ring (bicyclic) bond motifs is 1. The first-order chi connectivity index (χ1) is 6.20. The number of hydrogen-bond donors (Lipinski definition) is 1. The van der Waals surface area contributed by atoms with E-state index >= 15 is 0 Å². The molecule has 0 saturated carbocycles. The van der Waals surface area contributed by atoms with Crippen molar-refractivity contribution in [2.75, 3.05) is 6.54 Å². The summed E-state index contributed by atoms with van der Waals surface area (Å²) in [6.45, 7) is 0.757. The van der Waals surface area contributed by atoms with Crippen LogP contribution >= 0.6 is 0 Å². The van der Waals surface area contributed by atoms with Crippen LogP contribution in [0.15, 0.2) is 0 Å². The van der Waals surface area contributed by atoms with Crippen molar-refractivity contribution < 1.29 is 14.7 Å². The quantitative estimate of drug-likeness (QED) is 0.643. The van der Waals surface area contributed by atoms with Crippen molar-refractivity contribution >= 4 is 11.9 Å². The third-order valence-electron chi connectivity index (χ3n) is 3.07. The fraction of sp³-hybridized carbons (Fsp3) is 0.778. The Kier molecular flexibility index (Phi) is 1.98. The number of hydrogen-bond acceptors (Lipinski definition) is 2. The molecule has 2 aliphatic rings. The van der Waals surface area contributed by atoms with Gasteiger partial charge in [-0.1, -0.05) is 0 Å². The van der Waals surface area contributed by atoms with Gasteiger partial charge in [-0.2, -0.15) is 0 Å². The summed E-state index contributed by atoms with van der Waals surface area (Å²) in [6.07, 6.45) is 2.76. The second kappa shape index (κ2) is 3.01. The van der Waals surface area contributed by atoms with Gasteiger partial charge in [0.15, 0.2) is 0 Å². The van der Waals surface area contributed by atoms with Gasteiger partial charge in [-0.05, 0) is 19.3 Å². The van der Waals surface area contributed by atoms with Crippen LogP contribution in [-0.2, 0) is 9.59 Å². The summed E-state index contributed by atoms with van der Waals surface area (Å²) in [5.41, 5.74) is 0. The van der Waals surface area contributed by atoms with E-state index < -0.39 is 5.97 Å². The molecule has 2 saturated heterocycles. The minimum atomic E-state index is -0.746. The maximum atomic E-state index is 11.4. The fourth-order valence-electron chi connectivity index (χ4n) is 2.42. The van der Waals surface area contributed by atoms with Crippen LogP contribution in [0, 0.1) is 5.92 Å². The smallest absolute Gasteiger partial charge is 0.308 e. The van der Waals surface area contributed by atoms with Crippen molar-refractivity contribution in [2.24, 2.45) is 5.92 Å². The topological polar surface area (TPSA) is 57.6 Å². The summed E-state index contributed by atoms with van der Waals surface area (Å²) in [5.74, 6) is -0.926. The van der Waals surface area contributed by atoms with Gasteiger partial charge in [0, 0.05) is 19.0 Å². The summed E-state index contributed by atoms with van der Waals surface area (Å²) in [7, 11) is 0. The van der Waals surface area contributed by atoms with Gasteiger partial charge in [0.1, 0.15) is 0 Å². The molecule has 13 heavy (non-hydrogen) atoms. The van der Waals surface area contributed by atoms with E-state index in [1.165, 1.54) is 0 Å². The summed E-state index contributed by atoms with van der Waals surface area (Å²) >= 11 is 0. The minimum Gasteiger partial charge on any atom is -0.481 e. The number of carbonyl (C=O) groups excluding carboxylic acids is 1. The van der Waals surface area contributed by atoms with E-state index in [0.717, 1.165) is 19.4 Å². The number of carboxylic acids is 1. The van der Waals surface area contributed by atoms with E-state index in [4.69, 9.17) is 5.11 Å². The lowest BCUT2D eigenvalue weighted by Gasteiger charge is -2.34. The normalized spacial score (nSPS) is 33.2. The largest absolute Gasteiger partial charge is 0.481 e. The van der Waals surface area contributed by atoms with Gasteiger partial charge in [-0.25, -0.2) is 0 Å². The lowest BCUT2D eigenvalue weighted by molar-refractivity contribution is -0.149. The highest BCUT2D eigenvalue weighted by Crippen LogP contribution is 2.32. The van der Waals surface area contributed by atoms with Gasteiger partial charge in [0.2, 0.25) is 5.91 Å². The third kappa shape index (κ3) is 1.30. The third-order valence-corrected chi connectivity index (χ3v) is 3.07. The zero-order chi connectivity index (χ0) is 9.42. The Morgan fingerprint density at radius 2 is 2.23 bits per heavy atom. The molecular formula is C9H13NO3. The van der Waals surface area contributed by atoms with Gasteiger partial charge in [-0.3, -0.25) is 9.59 Å². The zero-order valence-electron chi connectivity index (χ0n) is 7.40. The first-order valence-electron chi connectivity index (χ1n) is 4.72. The molecule has 1 amide bonds. The van der Waals surface area contributed by atoms with Gasteiger partial charge < -0.3 is 10.0 Å². The van der Waals surface area contributed by atoms with E-state index in [-0.39, 0.29) is 17.9 Å².